The highest BCUT2D eigenvalue weighted by atomic mass is 16.6. The van der Waals surface area contributed by atoms with E-state index in [-0.39, 0.29) is 101 Å². The summed E-state index contributed by atoms with van der Waals surface area (Å²) in [5.41, 5.74) is 6.33. The zero-order valence-electron chi connectivity index (χ0n) is 35.2. The molecule has 0 spiro atoms. The van der Waals surface area contributed by atoms with Gasteiger partial charge in [0.1, 0.15) is 18.7 Å². The van der Waals surface area contributed by atoms with Crippen LogP contribution in [0.4, 0.5) is 15.3 Å². The molecular formula is C40H63N7O11. The first-order chi connectivity index (χ1) is 27.3. The molecule has 1 aliphatic heterocycles. The number of anilines is 1. The number of rotatable bonds is 24. The first-order valence-electron chi connectivity index (χ1n) is 19.8. The van der Waals surface area contributed by atoms with Gasteiger partial charge in [-0.1, -0.05) is 46.2 Å². The van der Waals surface area contributed by atoms with Gasteiger partial charge in [-0.25, -0.2) is 9.59 Å². The molecule has 18 nitrogen and oxygen atoms in total. The van der Waals surface area contributed by atoms with Crippen molar-refractivity contribution in [1.29, 1.82) is 0 Å². The van der Waals surface area contributed by atoms with Crippen LogP contribution in [0.1, 0.15) is 85.6 Å². The van der Waals surface area contributed by atoms with E-state index in [0.29, 0.717) is 24.1 Å². The molecule has 0 aliphatic carbocycles. The highest BCUT2D eigenvalue weighted by Crippen LogP contribution is 2.26. The van der Waals surface area contributed by atoms with Crippen molar-refractivity contribution in [1.82, 2.24) is 25.3 Å². The molecule has 1 fully saturated rings. The van der Waals surface area contributed by atoms with Gasteiger partial charge in [-0.15, -0.1) is 0 Å². The zero-order chi connectivity index (χ0) is 43.5. The molecule has 0 bridgehead atoms. The van der Waals surface area contributed by atoms with E-state index >= 15 is 0 Å². The number of unbranched alkanes of at least 4 members (excludes halogenated alkanes) is 1. The van der Waals surface area contributed by atoms with Crippen LogP contribution >= 0.6 is 0 Å². The van der Waals surface area contributed by atoms with E-state index in [0.717, 1.165) is 0 Å². The monoisotopic (exact) mass is 817 g/mol. The SMILES string of the molecule is CC(C)OC(=O)N(C)CCN(C)C(=O)OCc1ccc(NC(=O)[C@H](CCCCC(N)=O)NC(=O)[C@H](NC(=O)CCOCCN2C(=O)CC(C(C)C)C2=O)C(C)C)cc1. The van der Waals surface area contributed by atoms with E-state index < -0.39 is 47.9 Å². The summed E-state index contributed by atoms with van der Waals surface area (Å²) in [7, 11) is 3.12. The topological polar surface area (TPSA) is 236 Å². The van der Waals surface area contributed by atoms with Gasteiger partial charge in [-0.3, -0.25) is 33.7 Å². The molecular weight excluding hydrogens is 754 g/mol. The largest absolute Gasteiger partial charge is 0.447 e. The maximum absolute atomic E-state index is 13.5. The third-order valence-corrected chi connectivity index (χ3v) is 9.40. The van der Waals surface area contributed by atoms with E-state index in [1.165, 1.54) is 14.7 Å². The summed E-state index contributed by atoms with van der Waals surface area (Å²) in [5.74, 6) is -3.12. The lowest BCUT2D eigenvalue weighted by molar-refractivity contribution is -0.141. The van der Waals surface area contributed by atoms with Crippen molar-refractivity contribution in [3.8, 4) is 0 Å². The summed E-state index contributed by atoms with van der Waals surface area (Å²) < 4.78 is 16.0. The highest BCUT2D eigenvalue weighted by molar-refractivity contribution is 6.03. The van der Waals surface area contributed by atoms with Crippen molar-refractivity contribution in [3.05, 3.63) is 29.8 Å². The molecule has 58 heavy (non-hydrogen) atoms. The van der Waals surface area contributed by atoms with Crippen molar-refractivity contribution in [2.24, 2.45) is 23.5 Å². The van der Waals surface area contributed by atoms with Crippen LogP contribution in [-0.2, 0) is 49.6 Å². The van der Waals surface area contributed by atoms with Gasteiger partial charge in [0.05, 0.1) is 25.9 Å². The number of hydrogen-bond acceptors (Lipinski definition) is 11. The molecule has 1 aromatic rings. The summed E-state index contributed by atoms with van der Waals surface area (Å²) in [5, 5.41) is 8.25. The Kier molecular flexibility index (Phi) is 20.6. The van der Waals surface area contributed by atoms with E-state index in [4.69, 9.17) is 19.9 Å². The number of carbonyl (C=O) groups is 8. The van der Waals surface area contributed by atoms with Crippen molar-refractivity contribution >= 4 is 53.3 Å². The standard InChI is InChI=1S/C40H63N7O11/c1-25(2)30-23-34(50)47(38(30)53)20-22-56-21-17-33(49)44-35(26(3)4)37(52)43-31(11-9-10-12-32(41)48)36(51)42-29-15-13-28(14-16-29)24-57-39(54)45(7)18-19-46(8)40(55)58-27(5)6/h13-16,25-27,30-31,35H,9-12,17-24H2,1-8H3,(H2,41,48)(H,42,51)(H,43,52)(H,44,49)/t30?,31-,35+/m0/s1. The Morgan fingerprint density at radius 3 is 2.05 bits per heavy atom. The number of imide groups is 1. The fraction of sp³-hybridized carbons (Fsp3) is 0.650. The average molecular weight is 818 g/mol. The molecule has 1 unspecified atom stereocenters. The quantitative estimate of drug-likeness (QED) is 0.0875. The fourth-order valence-corrected chi connectivity index (χ4v) is 5.79. The number of primary amides is 1. The number of amides is 8. The minimum absolute atomic E-state index is 0.00111. The Morgan fingerprint density at radius 2 is 1.48 bits per heavy atom. The van der Waals surface area contributed by atoms with Crippen LogP contribution in [0.5, 0.6) is 0 Å². The third-order valence-electron chi connectivity index (χ3n) is 9.40. The van der Waals surface area contributed by atoms with Crippen LogP contribution in [0.25, 0.3) is 0 Å². The fourth-order valence-electron chi connectivity index (χ4n) is 5.79. The van der Waals surface area contributed by atoms with Crippen LogP contribution in [0, 0.1) is 17.8 Å². The first kappa shape index (κ1) is 48.9. The third kappa shape index (κ3) is 17.1. The summed E-state index contributed by atoms with van der Waals surface area (Å²) in [6, 6.07) is 4.57. The lowest BCUT2D eigenvalue weighted by atomic mass is 9.94. The molecule has 3 atom stereocenters. The summed E-state index contributed by atoms with van der Waals surface area (Å²) in [6.45, 7) is 11.4. The number of nitrogens with two attached hydrogens (primary N) is 1. The Morgan fingerprint density at radius 1 is 0.845 bits per heavy atom. The van der Waals surface area contributed by atoms with Crippen LogP contribution in [0.15, 0.2) is 24.3 Å². The van der Waals surface area contributed by atoms with Gasteiger partial charge in [-0.2, -0.15) is 0 Å². The number of nitrogens with one attached hydrogen (secondary N) is 3. The minimum atomic E-state index is -1.02. The number of hydrogen-bond donors (Lipinski definition) is 4. The number of likely N-dealkylation sites (tertiary alicyclic amines) is 1. The number of likely N-dealkylation sites (N-methyl/N-ethyl adjacent to an activating group) is 2. The number of ether oxygens (including phenoxy) is 3. The van der Waals surface area contributed by atoms with E-state index in [1.54, 1.807) is 66.1 Å². The molecule has 2 rings (SSSR count). The lowest BCUT2D eigenvalue weighted by Gasteiger charge is -2.25. The second kappa shape index (κ2) is 24.5. The second-order valence-electron chi connectivity index (χ2n) is 15.4. The Bertz CT molecular complexity index is 1570. The Balaban J connectivity index is 1.92. The highest BCUT2D eigenvalue weighted by Gasteiger charge is 2.39. The number of nitrogens with zero attached hydrogens (tertiary/aromatic N) is 3. The second-order valence-corrected chi connectivity index (χ2v) is 15.4. The molecule has 1 heterocycles. The maximum atomic E-state index is 13.5. The predicted octanol–water partition coefficient (Wildman–Crippen LogP) is 2.78. The van der Waals surface area contributed by atoms with Gasteiger partial charge in [0.15, 0.2) is 0 Å². The smallest absolute Gasteiger partial charge is 0.409 e. The Labute approximate surface area is 341 Å². The molecule has 0 saturated carbocycles. The van der Waals surface area contributed by atoms with Crippen LogP contribution in [0.2, 0.25) is 0 Å². The molecule has 324 valence electrons. The molecule has 18 heteroatoms. The average Bonchev–Trinajstić information content (AvgIpc) is 3.44. The van der Waals surface area contributed by atoms with Gasteiger partial charge in [-0.05, 0) is 56.2 Å². The minimum Gasteiger partial charge on any atom is -0.447 e. The van der Waals surface area contributed by atoms with Crippen molar-refractivity contribution in [2.45, 2.75) is 105 Å². The van der Waals surface area contributed by atoms with E-state index in [9.17, 15) is 38.4 Å². The van der Waals surface area contributed by atoms with Gasteiger partial charge in [0.2, 0.25) is 35.4 Å². The molecule has 5 N–H and O–H groups in total. The summed E-state index contributed by atoms with van der Waals surface area (Å²) >= 11 is 0. The van der Waals surface area contributed by atoms with Gasteiger partial charge >= 0.3 is 12.2 Å². The van der Waals surface area contributed by atoms with Crippen molar-refractivity contribution in [2.75, 3.05) is 52.3 Å². The predicted molar refractivity (Wildman–Crippen MR) is 214 cm³/mol. The molecule has 8 amide bonds. The van der Waals surface area contributed by atoms with Gasteiger partial charge < -0.3 is 45.7 Å². The lowest BCUT2D eigenvalue weighted by Crippen LogP contribution is -2.54. The van der Waals surface area contributed by atoms with E-state index in [1.807, 2.05) is 13.8 Å². The first-order valence-corrected chi connectivity index (χ1v) is 19.8. The molecule has 1 aromatic carbocycles. The zero-order valence-corrected chi connectivity index (χ0v) is 35.2. The van der Waals surface area contributed by atoms with Crippen LogP contribution in [-0.4, -0.2) is 127 Å². The van der Waals surface area contributed by atoms with Gasteiger partial charge in [0, 0.05) is 58.1 Å². The van der Waals surface area contributed by atoms with Crippen molar-refractivity contribution < 1.29 is 52.6 Å². The maximum Gasteiger partial charge on any atom is 0.409 e. The normalized spacial score (nSPS) is 14.9. The van der Waals surface area contributed by atoms with E-state index in [2.05, 4.69) is 16.0 Å². The molecule has 1 saturated heterocycles. The summed E-state index contributed by atoms with van der Waals surface area (Å²) in [4.78, 5) is 104. The van der Waals surface area contributed by atoms with Gasteiger partial charge in [0.25, 0.3) is 0 Å². The summed E-state index contributed by atoms with van der Waals surface area (Å²) in [6.07, 6.45) is -0.130. The molecule has 1 aliphatic rings. The van der Waals surface area contributed by atoms with Crippen molar-refractivity contribution in [3.63, 3.8) is 0 Å². The number of benzene rings is 1. The molecule has 0 radical (unpaired) electrons. The Hall–Kier alpha value is -5.26. The van der Waals surface area contributed by atoms with Crippen LogP contribution in [0.3, 0.4) is 0 Å². The number of carbonyl (C=O) groups excluding carboxylic acids is 8. The molecule has 0 aromatic heterocycles. The van der Waals surface area contributed by atoms with Crippen LogP contribution < -0.4 is 21.7 Å².